The first-order chi connectivity index (χ1) is 12.3. The lowest BCUT2D eigenvalue weighted by Crippen LogP contribution is -1.94. The van der Waals surface area contributed by atoms with Gasteiger partial charge in [-0.25, -0.2) is 4.98 Å². The van der Waals surface area contributed by atoms with E-state index < -0.39 is 0 Å². The fourth-order valence-electron chi connectivity index (χ4n) is 2.85. The molecule has 0 spiro atoms. The minimum absolute atomic E-state index is 0.847. The van der Waals surface area contributed by atoms with E-state index in [2.05, 4.69) is 35.1 Å². The molecule has 0 atom stereocenters. The van der Waals surface area contributed by atoms with Gasteiger partial charge in [0.1, 0.15) is 0 Å². The minimum atomic E-state index is 0.847. The Morgan fingerprint density at radius 3 is 2.32 bits per heavy atom. The van der Waals surface area contributed by atoms with Crippen LogP contribution in [0.2, 0.25) is 0 Å². The van der Waals surface area contributed by atoms with Gasteiger partial charge < -0.3 is 0 Å². The van der Waals surface area contributed by atoms with Gasteiger partial charge in [-0.3, -0.25) is 9.97 Å². The van der Waals surface area contributed by atoms with E-state index in [4.69, 9.17) is 4.98 Å². The van der Waals surface area contributed by atoms with Crippen LogP contribution in [0.25, 0.3) is 33.9 Å². The molecule has 4 rings (SSSR count). The maximum Gasteiger partial charge on any atom is 0.0964 e. The summed E-state index contributed by atoms with van der Waals surface area (Å²) in [7, 11) is 0. The Labute approximate surface area is 147 Å². The van der Waals surface area contributed by atoms with E-state index in [0.717, 1.165) is 33.9 Å². The predicted octanol–water partition coefficient (Wildman–Crippen LogP) is 5.18. The molecule has 0 aliphatic heterocycles. The first-order valence-corrected chi connectivity index (χ1v) is 8.22. The monoisotopic (exact) mass is 323 g/mol. The minimum Gasteiger partial charge on any atom is -0.255 e. The number of nitrogens with zero attached hydrogens (tertiary/aromatic N) is 3. The summed E-state index contributed by atoms with van der Waals surface area (Å²) in [5.41, 5.74) is 6.82. The summed E-state index contributed by atoms with van der Waals surface area (Å²) in [4.78, 5) is 13.9. The fraction of sp³-hybridized carbons (Fsp3) is 0.0455. The molecular formula is C22H17N3. The highest BCUT2D eigenvalue weighted by molar-refractivity contribution is 5.79. The molecule has 0 bridgehead atoms. The molecule has 3 aromatic heterocycles. The second-order valence-corrected chi connectivity index (χ2v) is 5.89. The second-order valence-electron chi connectivity index (χ2n) is 5.89. The van der Waals surface area contributed by atoms with Crippen LogP contribution in [0, 0.1) is 6.92 Å². The maximum atomic E-state index is 4.82. The van der Waals surface area contributed by atoms with Gasteiger partial charge in [-0.15, -0.1) is 0 Å². The standard InChI is InChI=1S/C22H17N3/c1-16-12-14-23-21(15-16)19-10-5-11-20(25-19)22-18(9-6-13-24-22)17-7-3-2-4-8-17/h2-15H,1H3. The lowest BCUT2D eigenvalue weighted by atomic mass is 10.0. The molecule has 3 heterocycles. The Bertz CT molecular complexity index is 1010. The van der Waals surface area contributed by atoms with Gasteiger partial charge in [0, 0.05) is 18.0 Å². The summed E-state index contributed by atoms with van der Waals surface area (Å²) in [6, 6.07) is 24.3. The zero-order valence-corrected chi connectivity index (χ0v) is 13.9. The molecule has 1 aromatic carbocycles. The first kappa shape index (κ1) is 15.2. The fourth-order valence-corrected chi connectivity index (χ4v) is 2.85. The van der Waals surface area contributed by atoms with Crippen molar-refractivity contribution in [3.05, 3.63) is 90.8 Å². The smallest absolute Gasteiger partial charge is 0.0964 e. The van der Waals surface area contributed by atoms with Gasteiger partial charge in [-0.1, -0.05) is 42.5 Å². The molecule has 3 heteroatoms. The van der Waals surface area contributed by atoms with E-state index >= 15 is 0 Å². The molecule has 0 N–H and O–H groups in total. The summed E-state index contributed by atoms with van der Waals surface area (Å²) in [6.07, 6.45) is 3.62. The molecule has 0 amide bonds. The van der Waals surface area contributed by atoms with Gasteiger partial charge in [0.15, 0.2) is 0 Å². The molecule has 0 fully saturated rings. The Morgan fingerprint density at radius 1 is 0.640 bits per heavy atom. The molecule has 3 nitrogen and oxygen atoms in total. The summed E-state index contributed by atoms with van der Waals surface area (Å²) in [5, 5.41) is 0. The zero-order chi connectivity index (χ0) is 17.1. The maximum absolute atomic E-state index is 4.82. The van der Waals surface area contributed by atoms with Crippen LogP contribution < -0.4 is 0 Å². The molecule has 0 radical (unpaired) electrons. The third-order valence-electron chi connectivity index (χ3n) is 4.06. The normalized spacial score (nSPS) is 10.6. The van der Waals surface area contributed by atoms with Gasteiger partial charge >= 0.3 is 0 Å². The number of pyridine rings is 3. The number of aryl methyl sites for hydroxylation is 1. The zero-order valence-electron chi connectivity index (χ0n) is 13.9. The number of hydrogen-bond donors (Lipinski definition) is 0. The van der Waals surface area contributed by atoms with Crippen molar-refractivity contribution in [2.45, 2.75) is 6.92 Å². The molecule has 0 saturated carbocycles. The summed E-state index contributed by atoms with van der Waals surface area (Å²) in [6.45, 7) is 2.06. The molecule has 0 unspecified atom stereocenters. The lowest BCUT2D eigenvalue weighted by molar-refractivity contribution is 1.21. The average Bonchev–Trinajstić information content (AvgIpc) is 2.69. The topological polar surface area (TPSA) is 38.7 Å². The lowest BCUT2D eigenvalue weighted by Gasteiger charge is -2.09. The van der Waals surface area contributed by atoms with Crippen molar-refractivity contribution in [3.8, 4) is 33.9 Å². The van der Waals surface area contributed by atoms with Crippen molar-refractivity contribution in [1.82, 2.24) is 15.0 Å². The summed E-state index contributed by atoms with van der Waals surface area (Å²) in [5.74, 6) is 0. The Hall–Kier alpha value is -3.33. The highest BCUT2D eigenvalue weighted by atomic mass is 14.8. The van der Waals surface area contributed by atoms with Crippen molar-refractivity contribution >= 4 is 0 Å². The van der Waals surface area contributed by atoms with E-state index in [1.165, 1.54) is 5.56 Å². The van der Waals surface area contributed by atoms with Crippen LogP contribution in [0.4, 0.5) is 0 Å². The van der Waals surface area contributed by atoms with Crippen LogP contribution in [-0.4, -0.2) is 15.0 Å². The van der Waals surface area contributed by atoms with Crippen molar-refractivity contribution in [3.63, 3.8) is 0 Å². The van der Waals surface area contributed by atoms with Crippen LogP contribution in [-0.2, 0) is 0 Å². The number of benzene rings is 1. The van der Waals surface area contributed by atoms with E-state index in [1.807, 2.05) is 60.8 Å². The SMILES string of the molecule is Cc1ccnc(-c2cccc(-c3ncccc3-c3ccccc3)n2)c1. The number of hydrogen-bond acceptors (Lipinski definition) is 3. The van der Waals surface area contributed by atoms with E-state index in [-0.39, 0.29) is 0 Å². The van der Waals surface area contributed by atoms with Crippen molar-refractivity contribution < 1.29 is 0 Å². The Balaban J connectivity index is 1.83. The molecule has 4 aromatic rings. The van der Waals surface area contributed by atoms with Gasteiger partial charge in [0.2, 0.25) is 0 Å². The molecule has 0 aliphatic carbocycles. The van der Waals surface area contributed by atoms with Crippen LogP contribution in [0.3, 0.4) is 0 Å². The molecule has 0 saturated heterocycles. The van der Waals surface area contributed by atoms with Crippen LogP contribution in [0.5, 0.6) is 0 Å². The van der Waals surface area contributed by atoms with E-state index in [0.29, 0.717) is 0 Å². The van der Waals surface area contributed by atoms with Gasteiger partial charge in [-0.05, 0) is 48.4 Å². The summed E-state index contributed by atoms with van der Waals surface area (Å²) >= 11 is 0. The van der Waals surface area contributed by atoms with E-state index in [9.17, 15) is 0 Å². The highest BCUT2D eigenvalue weighted by Gasteiger charge is 2.11. The highest BCUT2D eigenvalue weighted by Crippen LogP contribution is 2.30. The van der Waals surface area contributed by atoms with Crippen molar-refractivity contribution in [2.75, 3.05) is 0 Å². The van der Waals surface area contributed by atoms with Crippen LogP contribution >= 0.6 is 0 Å². The Kier molecular flexibility index (Phi) is 4.05. The average molecular weight is 323 g/mol. The van der Waals surface area contributed by atoms with Gasteiger partial charge in [0.25, 0.3) is 0 Å². The predicted molar refractivity (Wildman–Crippen MR) is 101 cm³/mol. The quantitative estimate of drug-likeness (QED) is 0.521. The molecule has 25 heavy (non-hydrogen) atoms. The third-order valence-corrected chi connectivity index (χ3v) is 4.06. The van der Waals surface area contributed by atoms with Gasteiger partial charge in [0.05, 0.1) is 22.8 Å². The molecule has 0 aliphatic rings. The number of rotatable bonds is 3. The van der Waals surface area contributed by atoms with Crippen LogP contribution in [0.15, 0.2) is 85.2 Å². The Morgan fingerprint density at radius 2 is 1.48 bits per heavy atom. The van der Waals surface area contributed by atoms with Gasteiger partial charge in [-0.2, -0.15) is 0 Å². The van der Waals surface area contributed by atoms with Crippen LogP contribution in [0.1, 0.15) is 5.56 Å². The number of aromatic nitrogens is 3. The largest absolute Gasteiger partial charge is 0.255 e. The first-order valence-electron chi connectivity index (χ1n) is 8.22. The van der Waals surface area contributed by atoms with E-state index in [1.54, 1.807) is 6.20 Å². The van der Waals surface area contributed by atoms with Crippen molar-refractivity contribution in [1.29, 1.82) is 0 Å². The summed E-state index contributed by atoms with van der Waals surface area (Å²) < 4.78 is 0. The van der Waals surface area contributed by atoms with Crippen molar-refractivity contribution in [2.24, 2.45) is 0 Å². The second kappa shape index (κ2) is 6.65. The third kappa shape index (κ3) is 3.17. The molecule has 120 valence electrons. The molecular weight excluding hydrogens is 306 g/mol.